The molecule has 1 fully saturated rings. The summed E-state index contributed by atoms with van der Waals surface area (Å²) >= 11 is 0. The van der Waals surface area contributed by atoms with Crippen molar-refractivity contribution in [3.05, 3.63) is 71.3 Å². The number of ether oxygens (including phenoxy) is 2. The molecule has 2 aliphatic rings. The summed E-state index contributed by atoms with van der Waals surface area (Å²) in [6.07, 6.45) is -12.0. The summed E-state index contributed by atoms with van der Waals surface area (Å²) < 4.78 is 52.7. The van der Waals surface area contributed by atoms with Crippen LogP contribution in [0.2, 0.25) is 0 Å². The van der Waals surface area contributed by atoms with Gasteiger partial charge in [-0.05, 0) is 23.1 Å². The molecule has 9 heteroatoms. The van der Waals surface area contributed by atoms with E-state index >= 15 is 0 Å². The van der Waals surface area contributed by atoms with Crippen LogP contribution >= 0.6 is 0 Å². The first-order valence-corrected chi connectivity index (χ1v) is 11.2. The summed E-state index contributed by atoms with van der Waals surface area (Å²) in [6.45, 7) is -0.313. The van der Waals surface area contributed by atoms with E-state index in [2.05, 4.69) is 4.99 Å². The third-order valence-electron chi connectivity index (χ3n) is 6.27. The van der Waals surface area contributed by atoms with Gasteiger partial charge in [-0.25, -0.2) is 0 Å². The van der Waals surface area contributed by atoms with Gasteiger partial charge in [0, 0.05) is 20.5 Å². The van der Waals surface area contributed by atoms with Gasteiger partial charge in [0.15, 0.2) is 6.10 Å². The second kappa shape index (κ2) is 10.0. The molecule has 34 heavy (non-hydrogen) atoms. The number of aliphatic hydroxyl groups excluding tert-OH is 2. The number of aliphatic imine (C=N–C) groups is 1. The van der Waals surface area contributed by atoms with Crippen molar-refractivity contribution in [3.63, 3.8) is 0 Å². The first kappa shape index (κ1) is 24.7. The molecule has 2 heterocycles. The number of benzene rings is 2. The zero-order valence-corrected chi connectivity index (χ0v) is 19.0. The number of fused-ring (bicyclic) bond motifs is 1. The van der Waals surface area contributed by atoms with E-state index in [9.17, 15) is 23.4 Å². The number of rotatable bonds is 6. The van der Waals surface area contributed by atoms with Gasteiger partial charge in [-0.15, -0.1) is 0 Å². The quantitative estimate of drug-likeness (QED) is 0.668. The van der Waals surface area contributed by atoms with E-state index in [4.69, 9.17) is 9.47 Å². The summed E-state index contributed by atoms with van der Waals surface area (Å²) in [6, 6.07) is 16.2. The summed E-state index contributed by atoms with van der Waals surface area (Å²) in [5.74, 6) is 0.599. The zero-order chi connectivity index (χ0) is 24.5. The highest BCUT2D eigenvalue weighted by Gasteiger charge is 2.56. The smallest absolute Gasteiger partial charge is 0.388 e. The Labute approximate surface area is 196 Å². The van der Waals surface area contributed by atoms with Crippen LogP contribution in [0.5, 0.6) is 0 Å². The van der Waals surface area contributed by atoms with Gasteiger partial charge in [-0.2, -0.15) is 13.2 Å². The molecule has 0 radical (unpaired) electrons. The number of hydrogen-bond acceptors (Lipinski definition) is 6. The van der Waals surface area contributed by atoms with Gasteiger partial charge in [-0.3, -0.25) is 4.99 Å². The molecule has 1 unspecified atom stereocenters. The molecule has 6 atom stereocenters. The number of alkyl halides is 3. The maximum Gasteiger partial charge on any atom is 0.417 e. The third-order valence-corrected chi connectivity index (χ3v) is 6.27. The number of aliphatic hydroxyl groups is 2. The van der Waals surface area contributed by atoms with Gasteiger partial charge in [0.2, 0.25) is 0 Å². The normalized spacial score (nSPS) is 27.7. The third kappa shape index (κ3) is 5.43. The number of nitrogens with zero attached hydrogens (tertiary/aromatic N) is 2. The molecule has 2 aromatic carbocycles. The monoisotopic (exact) mass is 478 g/mol. The van der Waals surface area contributed by atoms with E-state index in [0.29, 0.717) is 17.8 Å². The lowest BCUT2D eigenvalue weighted by Gasteiger charge is -2.42. The topological polar surface area (TPSA) is 74.5 Å². The minimum absolute atomic E-state index is 0.255. The molecule has 0 aromatic heterocycles. The maximum atomic E-state index is 13.9. The molecule has 4 rings (SSSR count). The fourth-order valence-electron chi connectivity index (χ4n) is 4.41. The van der Waals surface area contributed by atoms with Crippen molar-refractivity contribution < 1.29 is 32.9 Å². The molecule has 2 aliphatic heterocycles. The molecule has 2 aromatic rings. The molecular formula is C25H29F3N2O4. The second-order valence-corrected chi connectivity index (χ2v) is 9.01. The Morgan fingerprint density at radius 3 is 2.24 bits per heavy atom. The maximum absolute atomic E-state index is 13.9. The molecule has 6 nitrogen and oxygen atoms in total. The average Bonchev–Trinajstić information content (AvgIpc) is 3.23. The Kier molecular flexibility index (Phi) is 7.28. The summed E-state index contributed by atoms with van der Waals surface area (Å²) in [7, 11) is 3.51. The lowest BCUT2D eigenvalue weighted by Crippen LogP contribution is -2.62. The first-order valence-electron chi connectivity index (χ1n) is 11.2. The zero-order valence-electron chi connectivity index (χ0n) is 19.0. The van der Waals surface area contributed by atoms with Crippen LogP contribution in [0.15, 0.2) is 59.6 Å². The molecule has 2 N–H and O–H groups in total. The second-order valence-electron chi connectivity index (χ2n) is 9.01. The Bertz CT molecular complexity index is 982. The van der Waals surface area contributed by atoms with Crippen LogP contribution in [0.4, 0.5) is 13.2 Å². The van der Waals surface area contributed by atoms with Crippen molar-refractivity contribution in [2.24, 2.45) is 4.99 Å². The highest BCUT2D eigenvalue weighted by atomic mass is 19.4. The van der Waals surface area contributed by atoms with E-state index in [1.54, 1.807) is 31.1 Å². The van der Waals surface area contributed by atoms with E-state index in [-0.39, 0.29) is 13.0 Å². The lowest BCUT2D eigenvalue weighted by atomic mass is 9.90. The van der Waals surface area contributed by atoms with Crippen LogP contribution in [-0.4, -0.2) is 77.8 Å². The minimum atomic E-state index is -4.80. The van der Waals surface area contributed by atoms with Crippen LogP contribution in [0.3, 0.4) is 0 Å². The first-order chi connectivity index (χ1) is 16.1. The Morgan fingerprint density at radius 2 is 1.62 bits per heavy atom. The van der Waals surface area contributed by atoms with Crippen molar-refractivity contribution in [1.29, 1.82) is 0 Å². The standard InChI is InChI=1S/C25H29F3N2O4/c1-30(2)19-13-18-20(29-19)21(31)22(32)23(34-18)24(25(26,27)28)33-14-17-10-8-16(9-11-17)12-15-6-4-3-5-7-15/h3-11,18,20-24,31-32H,12-14H2,1-2H3/t18-,20+,21-,22+,23?,24-/m1/s1. The van der Waals surface area contributed by atoms with Gasteiger partial charge in [0.05, 0.1) is 12.7 Å². The van der Waals surface area contributed by atoms with Crippen molar-refractivity contribution in [1.82, 2.24) is 4.90 Å². The predicted octanol–water partition coefficient (Wildman–Crippen LogP) is 2.95. The SMILES string of the molecule is CN(C)C1=N[C@@H]2[C@@H](O)[C@H](O)C([C@@H](OCc3ccc(Cc4ccccc4)cc3)C(F)(F)F)O[C@@H]2C1. The van der Waals surface area contributed by atoms with Crippen molar-refractivity contribution >= 4 is 5.84 Å². The summed E-state index contributed by atoms with van der Waals surface area (Å²) in [5, 5.41) is 21.0. The van der Waals surface area contributed by atoms with E-state index < -0.39 is 42.7 Å². The highest BCUT2D eigenvalue weighted by Crippen LogP contribution is 2.37. The van der Waals surface area contributed by atoms with E-state index in [1.165, 1.54) is 0 Å². The Balaban J connectivity index is 1.43. The predicted molar refractivity (Wildman–Crippen MR) is 121 cm³/mol. The molecule has 184 valence electrons. The van der Waals surface area contributed by atoms with Gasteiger partial charge in [-0.1, -0.05) is 54.6 Å². The van der Waals surface area contributed by atoms with Gasteiger partial charge in [0.1, 0.15) is 30.2 Å². The van der Waals surface area contributed by atoms with Crippen molar-refractivity contribution in [2.45, 2.75) is 62.2 Å². The molecule has 0 spiro atoms. The largest absolute Gasteiger partial charge is 0.417 e. The lowest BCUT2D eigenvalue weighted by molar-refractivity contribution is -0.293. The molecule has 0 amide bonds. The highest BCUT2D eigenvalue weighted by molar-refractivity contribution is 5.84. The van der Waals surface area contributed by atoms with Gasteiger partial charge >= 0.3 is 6.18 Å². The van der Waals surface area contributed by atoms with Crippen LogP contribution in [-0.2, 0) is 22.5 Å². The summed E-state index contributed by atoms with van der Waals surface area (Å²) in [5.41, 5.74) is 2.73. The molecule has 0 bridgehead atoms. The molecule has 1 saturated heterocycles. The van der Waals surface area contributed by atoms with Gasteiger partial charge in [0.25, 0.3) is 0 Å². The van der Waals surface area contributed by atoms with Crippen LogP contribution in [0, 0.1) is 0 Å². The molecule has 0 saturated carbocycles. The summed E-state index contributed by atoms with van der Waals surface area (Å²) in [4.78, 5) is 6.03. The van der Waals surface area contributed by atoms with Crippen LogP contribution in [0.1, 0.15) is 23.1 Å². The van der Waals surface area contributed by atoms with Crippen LogP contribution < -0.4 is 0 Å². The fraction of sp³-hybridized carbons (Fsp3) is 0.480. The number of hydrogen-bond donors (Lipinski definition) is 2. The Morgan fingerprint density at radius 1 is 1.00 bits per heavy atom. The van der Waals surface area contributed by atoms with E-state index in [1.807, 2.05) is 42.5 Å². The molecule has 0 aliphatic carbocycles. The van der Waals surface area contributed by atoms with E-state index in [0.717, 1.165) is 11.1 Å². The number of amidine groups is 1. The Hall–Kier alpha value is -2.46. The molecular weight excluding hydrogens is 449 g/mol. The van der Waals surface area contributed by atoms with Crippen LogP contribution in [0.25, 0.3) is 0 Å². The minimum Gasteiger partial charge on any atom is -0.388 e. The average molecular weight is 479 g/mol. The van der Waals surface area contributed by atoms with Crippen molar-refractivity contribution in [2.75, 3.05) is 14.1 Å². The fourth-order valence-corrected chi connectivity index (χ4v) is 4.41. The number of halogens is 3. The van der Waals surface area contributed by atoms with Gasteiger partial charge < -0.3 is 24.6 Å². The van der Waals surface area contributed by atoms with Crippen molar-refractivity contribution in [3.8, 4) is 0 Å².